The zero-order valence-corrected chi connectivity index (χ0v) is 9.41. The molecular formula is C11H24O3. The Morgan fingerprint density at radius 3 is 1.86 bits per heavy atom. The molecule has 3 heteroatoms. The van der Waals surface area contributed by atoms with Gasteiger partial charge in [0, 0.05) is 0 Å². The van der Waals surface area contributed by atoms with E-state index >= 15 is 0 Å². The lowest BCUT2D eigenvalue weighted by molar-refractivity contribution is -0.239. The maximum atomic E-state index is 8.59. The van der Waals surface area contributed by atoms with Gasteiger partial charge in [-0.1, -0.05) is 39.5 Å². The van der Waals surface area contributed by atoms with E-state index in [1.54, 1.807) is 0 Å². The van der Waals surface area contributed by atoms with Crippen molar-refractivity contribution >= 4 is 0 Å². The maximum Gasteiger partial charge on any atom is 0.266 e. The van der Waals surface area contributed by atoms with Crippen LogP contribution in [0.1, 0.15) is 52.4 Å². The Kier molecular flexibility index (Phi) is 9.35. The molecule has 0 atom stereocenters. The molecule has 0 aromatic carbocycles. The normalized spacial score (nSPS) is 11.6. The summed E-state index contributed by atoms with van der Waals surface area (Å²) in [6.07, 6.45) is 7.01. The van der Waals surface area contributed by atoms with E-state index in [0.29, 0.717) is 12.5 Å². The Hall–Kier alpha value is -0.120. The van der Waals surface area contributed by atoms with Gasteiger partial charge in [-0.25, -0.2) is 0 Å². The first-order valence-corrected chi connectivity index (χ1v) is 5.68. The molecule has 0 aromatic heterocycles. The van der Waals surface area contributed by atoms with Crippen LogP contribution >= 0.6 is 0 Å². The molecule has 0 rings (SSSR count). The average Bonchev–Trinajstić information content (AvgIpc) is 2.16. The monoisotopic (exact) mass is 204 g/mol. The minimum absolute atomic E-state index is 0.470. The minimum Gasteiger partial charge on any atom is -0.346 e. The Balaban J connectivity index is 3.60. The molecule has 0 fully saturated rings. The van der Waals surface area contributed by atoms with Crippen LogP contribution in [-0.2, 0) is 4.74 Å². The summed E-state index contributed by atoms with van der Waals surface area (Å²) in [4.78, 5) is 0. The van der Waals surface area contributed by atoms with E-state index in [4.69, 9.17) is 14.9 Å². The van der Waals surface area contributed by atoms with Gasteiger partial charge in [-0.05, 0) is 18.8 Å². The smallest absolute Gasteiger partial charge is 0.266 e. The second kappa shape index (κ2) is 9.44. The van der Waals surface area contributed by atoms with Crippen molar-refractivity contribution in [1.82, 2.24) is 0 Å². The summed E-state index contributed by atoms with van der Waals surface area (Å²) in [5.74, 6) is 0.483. The summed E-state index contributed by atoms with van der Waals surface area (Å²) in [6.45, 7) is 3.19. The summed E-state index contributed by atoms with van der Waals surface area (Å²) in [6, 6.07) is 0. The number of rotatable bonds is 9. The fraction of sp³-hybridized carbons (Fsp3) is 1.00. The number of ether oxygens (including phenoxy) is 1. The summed E-state index contributed by atoms with van der Waals surface area (Å²) < 4.78 is 4.81. The minimum atomic E-state index is -1.61. The van der Waals surface area contributed by atoms with Gasteiger partial charge in [0.05, 0.1) is 6.61 Å². The van der Waals surface area contributed by atoms with E-state index in [1.807, 2.05) is 0 Å². The Morgan fingerprint density at radius 1 is 1.00 bits per heavy atom. The molecule has 14 heavy (non-hydrogen) atoms. The molecule has 2 N–H and O–H groups in total. The van der Waals surface area contributed by atoms with Crippen molar-refractivity contribution in [2.24, 2.45) is 5.92 Å². The van der Waals surface area contributed by atoms with E-state index < -0.39 is 6.48 Å². The van der Waals surface area contributed by atoms with Crippen LogP contribution in [0.15, 0.2) is 0 Å². The highest BCUT2D eigenvalue weighted by Crippen LogP contribution is 2.16. The van der Waals surface area contributed by atoms with Gasteiger partial charge < -0.3 is 14.9 Å². The van der Waals surface area contributed by atoms with Crippen molar-refractivity contribution in [3.8, 4) is 0 Å². The lowest BCUT2D eigenvalue weighted by Crippen LogP contribution is -2.17. The Labute approximate surface area is 87.1 Å². The Bertz CT molecular complexity index is 107. The lowest BCUT2D eigenvalue weighted by atomic mass is 9.97. The van der Waals surface area contributed by atoms with Gasteiger partial charge in [-0.2, -0.15) is 0 Å². The molecule has 0 amide bonds. The van der Waals surface area contributed by atoms with E-state index in [-0.39, 0.29) is 0 Å². The predicted molar refractivity (Wildman–Crippen MR) is 56.7 cm³/mol. The highest BCUT2D eigenvalue weighted by atomic mass is 16.7. The summed E-state index contributed by atoms with van der Waals surface area (Å²) >= 11 is 0. The van der Waals surface area contributed by atoms with Gasteiger partial charge in [0.15, 0.2) is 0 Å². The molecule has 0 bridgehead atoms. The van der Waals surface area contributed by atoms with E-state index in [9.17, 15) is 0 Å². The van der Waals surface area contributed by atoms with Gasteiger partial charge in [-0.15, -0.1) is 0 Å². The van der Waals surface area contributed by atoms with Crippen LogP contribution in [0.5, 0.6) is 0 Å². The van der Waals surface area contributed by atoms with Crippen molar-refractivity contribution in [1.29, 1.82) is 0 Å². The van der Waals surface area contributed by atoms with Gasteiger partial charge in [-0.3, -0.25) is 0 Å². The van der Waals surface area contributed by atoms with E-state index in [1.165, 1.54) is 25.7 Å². The largest absolute Gasteiger partial charge is 0.346 e. The average molecular weight is 204 g/mol. The molecule has 0 aliphatic rings. The van der Waals surface area contributed by atoms with Crippen LogP contribution in [0, 0.1) is 5.92 Å². The van der Waals surface area contributed by atoms with E-state index in [2.05, 4.69) is 13.8 Å². The fourth-order valence-electron chi connectivity index (χ4n) is 1.52. The molecule has 0 spiro atoms. The molecule has 0 saturated carbocycles. The topological polar surface area (TPSA) is 49.7 Å². The molecule has 0 aliphatic heterocycles. The number of aliphatic hydroxyl groups is 2. The number of hydrogen-bond donors (Lipinski definition) is 2. The molecule has 3 nitrogen and oxygen atoms in total. The van der Waals surface area contributed by atoms with Crippen molar-refractivity contribution in [3.63, 3.8) is 0 Å². The van der Waals surface area contributed by atoms with Crippen molar-refractivity contribution < 1.29 is 14.9 Å². The maximum absolute atomic E-state index is 8.59. The van der Waals surface area contributed by atoms with Crippen LogP contribution < -0.4 is 0 Å². The third-order valence-electron chi connectivity index (χ3n) is 2.41. The van der Waals surface area contributed by atoms with Crippen molar-refractivity contribution in [3.05, 3.63) is 0 Å². The third-order valence-corrected chi connectivity index (χ3v) is 2.41. The highest BCUT2D eigenvalue weighted by Gasteiger charge is 2.09. The first-order valence-electron chi connectivity index (χ1n) is 5.68. The third kappa shape index (κ3) is 8.48. The first-order chi connectivity index (χ1) is 6.70. The standard InChI is InChI=1S/C11H24O3/c1-3-5-7-10(8-6-4-2)9-14-11(12)13/h10-13H,3-9H2,1-2H3. The molecule has 0 radical (unpaired) electrons. The summed E-state index contributed by atoms with van der Waals surface area (Å²) in [5, 5.41) is 17.2. The molecule has 86 valence electrons. The molecule has 0 aliphatic carbocycles. The zero-order chi connectivity index (χ0) is 10.8. The Morgan fingerprint density at radius 2 is 1.50 bits per heavy atom. The van der Waals surface area contributed by atoms with Crippen LogP contribution in [0.2, 0.25) is 0 Å². The lowest BCUT2D eigenvalue weighted by Gasteiger charge is -2.16. The summed E-state index contributed by atoms with van der Waals surface area (Å²) in [7, 11) is 0. The first kappa shape index (κ1) is 13.9. The van der Waals surface area contributed by atoms with Crippen LogP contribution in [0.4, 0.5) is 0 Å². The number of unbranched alkanes of at least 4 members (excludes halogenated alkanes) is 2. The van der Waals surface area contributed by atoms with Crippen LogP contribution in [0.25, 0.3) is 0 Å². The van der Waals surface area contributed by atoms with Crippen LogP contribution in [-0.4, -0.2) is 23.3 Å². The number of hydrogen-bond acceptors (Lipinski definition) is 3. The zero-order valence-electron chi connectivity index (χ0n) is 9.41. The van der Waals surface area contributed by atoms with Crippen LogP contribution in [0.3, 0.4) is 0 Å². The fourth-order valence-corrected chi connectivity index (χ4v) is 1.52. The molecule has 0 saturated heterocycles. The second-order valence-electron chi connectivity index (χ2n) is 3.81. The van der Waals surface area contributed by atoms with E-state index in [0.717, 1.165) is 12.8 Å². The van der Waals surface area contributed by atoms with Crippen molar-refractivity contribution in [2.75, 3.05) is 6.61 Å². The molecule has 0 aromatic rings. The van der Waals surface area contributed by atoms with Gasteiger partial charge >= 0.3 is 0 Å². The quantitative estimate of drug-likeness (QED) is 0.566. The van der Waals surface area contributed by atoms with Gasteiger partial charge in [0.2, 0.25) is 0 Å². The van der Waals surface area contributed by atoms with Gasteiger partial charge in [0.25, 0.3) is 6.48 Å². The highest BCUT2D eigenvalue weighted by molar-refractivity contribution is 4.58. The SMILES string of the molecule is CCCCC(CCCC)COC(O)O. The van der Waals surface area contributed by atoms with Crippen molar-refractivity contribution in [2.45, 2.75) is 58.8 Å². The molecule has 0 unspecified atom stereocenters. The second-order valence-corrected chi connectivity index (χ2v) is 3.81. The molecular weight excluding hydrogens is 180 g/mol. The summed E-state index contributed by atoms with van der Waals surface area (Å²) in [5.41, 5.74) is 0. The number of aliphatic hydroxyl groups excluding tert-OH is 1. The molecule has 0 heterocycles. The predicted octanol–water partition coefficient (Wildman–Crippen LogP) is 2.27. The van der Waals surface area contributed by atoms with Gasteiger partial charge in [0.1, 0.15) is 0 Å².